The number of likely N-dealkylation sites (tertiary alicyclic amines) is 1. The molecule has 0 spiro atoms. The maximum Gasteiger partial charge on any atom is 0.129 e. The van der Waals surface area contributed by atoms with Gasteiger partial charge in [0.25, 0.3) is 0 Å². The first-order valence-electron chi connectivity index (χ1n) is 7.29. The summed E-state index contributed by atoms with van der Waals surface area (Å²) in [5.41, 5.74) is 7.87. The van der Waals surface area contributed by atoms with Crippen molar-refractivity contribution in [3.05, 3.63) is 29.3 Å². The standard InChI is InChI=1S/C16H24N2OS/c1-4-13-7-5-11(2)18(13)10-12-6-8-15(19-3)14(9-12)16(17)20/h6,8-9,11,13H,4-5,7,10H2,1-3H3,(H2,17,20). The molecule has 110 valence electrons. The van der Waals surface area contributed by atoms with E-state index < -0.39 is 0 Å². The molecule has 0 radical (unpaired) electrons. The van der Waals surface area contributed by atoms with Gasteiger partial charge in [0, 0.05) is 18.6 Å². The number of methoxy groups -OCH3 is 1. The Bertz CT molecular complexity index is 489. The number of hydrogen-bond acceptors (Lipinski definition) is 3. The molecule has 2 rings (SSSR count). The average Bonchev–Trinajstić information content (AvgIpc) is 2.79. The third-order valence-electron chi connectivity index (χ3n) is 4.32. The van der Waals surface area contributed by atoms with Crippen LogP contribution in [0.25, 0.3) is 0 Å². The van der Waals surface area contributed by atoms with Crippen molar-refractivity contribution in [2.75, 3.05) is 7.11 Å². The summed E-state index contributed by atoms with van der Waals surface area (Å²) in [5.74, 6) is 0.753. The van der Waals surface area contributed by atoms with E-state index in [2.05, 4.69) is 30.9 Å². The number of hydrogen-bond donors (Lipinski definition) is 1. The van der Waals surface area contributed by atoms with Crippen LogP contribution in [0.15, 0.2) is 18.2 Å². The molecule has 1 aliphatic rings. The Morgan fingerprint density at radius 2 is 2.20 bits per heavy atom. The molecule has 0 amide bonds. The molecular weight excluding hydrogens is 268 g/mol. The Kier molecular flexibility index (Phi) is 5.00. The second-order valence-electron chi connectivity index (χ2n) is 5.56. The first kappa shape index (κ1) is 15.3. The van der Waals surface area contributed by atoms with E-state index in [0.717, 1.165) is 17.9 Å². The minimum absolute atomic E-state index is 0.394. The molecule has 2 unspecified atom stereocenters. The van der Waals surface area contributed by atoms with Gasteiger partial charge in [0.2, 0.25) is 0 Å². The summed E-state index contributed by atoms with van der Waals surface area (Å²) in [6.07, 6.45) is 3.80. The highest BCUT2D eigenvalue weighted by molar-refractivity contribution is 7.80. The van der Waals surface area contributed by atoms with Crippen LogP contribution in [0.2, 0.25) is 0 Å². The van der Waals surface area contributed by atoms with Gasteiger partial charge in [-0.05, 0) is 43.9 Å². The Morgan fingerprint density at radius 3 is 2.80 bits per heavy atom. The van der Waals surface area contributed by atoms with Gasteiger partial charge >= 0.3 is 0 Å². The van der Waals surface area contributed by atoms with Crippen LogP contribution in [0.1, 0.15) is 44.2 Å². The summed E-state index contributed by atoms with van der Waals surface area (Å²) in [5, 5.41) is 0. The molecular formula is C16H24N2OS. The van der Waals surface area contributed by atoms with E-state index in [1.165, 1.54) is 24.8 Å². The van der Waals surface area contributed by atoms with Gasteiger partial charge in [0.05, 0.1) is 12.7 Å². The molecule has 3 nitrogen and oxygen atoms in total. The fourth-order valence-corrected chi connectivity index (χ4v) is 3.27. The zero-order valence-electron chi connectivity index (χ0n) is 12.6. The molecule has 0 aliphatic carbocycles. The molecule has 0 bridgehead atoms. The predicted molar refractivity (Wildman–Crippen MR) is 87.2 cm³/mol. The molecule has 2 atom stereocenters. The van der Waals surface area contributed by atoms with Crippen molar-refractivity contribution < 1.29 is 4.74 Å². The van der Waals surface area contributed by atoms with Gasteiger partial charge in [-0.15, -0.1) is 0 Å². The van der Waals surface area contributed by atoms with Gasteiger partial charge in [-0.2, -0.15) is 0 Å². The number of thiocarbonyl (C=S) groups is 1. The van der Waals surface area contributed by atoms with E-state index in [1.807, 2.05) is 6.07 Å². The van der Waals surface area contributed by atoms with Crippen molar-refractivity contribution >= 4 is 17.2 Å². The van der Waals surface area contributed by atoms with Crippen molar-refractivity contribution in [3.8, 4) is 5.75 Å². The molecule has 2 N–H and O–H groups in total. The minimum Gasteiger partial charge on any atom is -0.496 e. The smallest absolute Gasteiger partial charge is 0.129 e. The molecule has 0 aromatic heterocycles. The number of benzene rings is 1. The van der Waals surface area contributed by atoms with Crippen LogP contribution in [0.3, 0.4) is 0 Å². The lowest BCUT2D eigenvalue weighted by molar-refractivity contribution is 0.189. The van der Waals surface area contributed by atoms with E-state index in [9.17, 15) is 0 Å². The summed E-state index contributed by atoms with van der Waals surface area (Å²) >= 11 is 5.11. The highest BCUT2D eigenvalue weighted by Crippen LogP contribution is 2.29. The van der Waals surface area contributed by atoms with Gasteiger partial charge in [0.15, 0.2) is 0 Å². The minimum atomic E-state index is 0.394. The van der Waals surface area contributed by atoms with Gasteiger partial charge in [-0.3, -0.25) is 4.90 Å². The maximum atomic E-state index is 5.79. The number of ether oxygens (including phenoxy) is 1. The van der Waals surface area contributed by atoms with Crippen LogP contribution in [-0.2, 0) is 6.54 Å². The van der Waals surface area contributed by atoms with E-state index in [0.29, 0.717) is 17.1 Å². The normalized spacial score (nSPS) is 22.9. The zero-order valence-corrected chi connectivity index (χ0v) is 13.4. The van der Waals surface area contributed by atoms with Crippen LogP contribution < -0.4 is 10.5 Å². The van der Waals surface area contributed by atoms with Gasteiger partial charge in [-0.1, -0.05) is 25.2 Å². The summed E-state index contributed by atoms with van der Waals surface area (Å²) in [4.78, 5) is 2.98. The lowest BCUT2D eigenvalue weighted by Gasteiger charge is -2.28. The third kappa shape index (κ3) is 3.13. The first-order chi connectivity index (χ1) is 9.56. The lowest BCUT2D eigenvalue weighted by Crippen LogP contribution is -2.33. The fraction of sp³-hybridized carbons (Fsp3) is 0.562. The fourth-order valence-electron chi connectivity index (χ4n) is 3.11. The van der Waals surface area contributed by atoms with Crippen molar-refractivity contribution in [1.29, 1.82) is 0 Å². The van der Waals surface area contributed by atoms with Gasteiger partial charge < -0.3 is 10.5 Å². The summed E-state index contributed by atoms with van der Waals surface area (Å²) in [7, 11) is 1.65. The highest BCUT2D eigenvalue weighted by atomic mass is 32.1. The SMILES string of the molecule is CCC1CCC(C)N1Cc1ccc(OC)c(C(N)=S)c1. The highest BCUT2D eigenvalue weighted by Gasteiger charge is 2.29. The molecule has 1 heterocycles. The van der Waals surface area contributed by atoms with Crippen LogP contribution in [-0.4, -0.2) is 29.1 Å². The van der Waals surface area contributed by atoms with Gasteiger partial charge in [-0.25, -0.2) is 0 Å². The van der Waals surface area contributed by atoms with Crippen LogP contribution in [0.4, 0.5) is 0 Å². The predicted octanol–water partition coefficient (Wildman–Crippen LogP) is 3.09. The first-order valence-corrected chi connectivity index (χ1v) is 7.70. The number of nitrogens with two attached hydrogens (primary N) is 1. The largest absolute Gasteiger partial charge is 0.496 e. The second-order valence-corrected chi connectivity index (χ2v) is 6.00. The Labute approximate surface area is 127 Å². The Hall–Kier alpha value is -1.13. The molecule has 1 aromatic rings. The second kappa shape index (κ2) is 6.55. The molecule has 1 fully saturated rings. The van der Waals surface area contributed by atoms with Crippen molar-refractivity contribution in [2.24, 2.45) is 5.73 Å². The third-order valence-corrected chi connectivity index (χ3v) is 4.54. The number of nitrogens with zero attached hydrogens (tertiary/aromatic N) is 1. The summed E-state index contributed by atoms with van der Waals surface area (Å²) in [6.45, 7) is 5.54. The van der Waals surface area contributed by atoms with E-state index >= 15 is 0 Å². The molecule has 4 heteroatoms. The monoisotopic (exact) mass is 292 g/mol. The Balaban J connectivity index is 2.21. The van der Waals surface area contributed by atoms with Crippen LogP contribution >= 0.6 is 12.2 Å². The van der Waals surface area contributed by atoms with Crippen molar-refractivity contribution in [2.45, 2.75) is 51.7 Å². The average molecular weight is 292 g/mol. The van der Waals surface area contributed by atoms with E-state index in [-0.39, 0.29) is 0 Å². The topological polar surface area (TPSA) is 38.5 Å². The zero-order chi connectivity index (χ0) is 14.7. The molecule has 20 heavy (non-hydrogen) atoms. The lowest BCUT2D eigenvalue weighted by atomic mass is 10.1. The van der Waals surface area contributed by atoms with Crippen LogP contribution in [0.5, 0.6) is 5.75 Å². The summed E-state index contributed by atoms with van der Waals surface area (Å²) < 4.78 is 5.31. The van der Waals surface area contributed by atoms with Crippen molar-refractivity contribution in [1.82, 2.24) is 4.90 Å². The van der Waals surface area contributed by atoms with Gasteiger partial charge in [0.1, 0.15) is 10.7 Å². The quantitative estimate of drug-likeness (QED) is 0.846. The van der Waals surface area contributed by atoms with E-state index in [1.54, 1.807) is 7.11 Å². The summed E-state index contributed by atoms with van der Waals surface area (Å²) in [6, 6.07) is 7.48. The Morgan fingerprint density at radius 1 is 1.45 bits per heavy atom. The van der Waals surface area contributed by atoms with Crippen molar-refractivity contribution in [3.63, 3.8) is 0 Å². The molecule has 0 saturated carbocycles. The molecule has 1 aliphatic heterocycles. The maximum absolute atomic E-state index is 5.79. The van der Waals surface area contributed by atoms with E-state index in [4.69, 9.17) is 22.7 Å². The van der Waals surface area contributed by atoms with Crippen LogP contribution in [0, 0.1) is 0 Å². The molecule has 1 aromatic carbocycles. The number of rotatable bonds is 5. The molecule has 1 saturated heterocycles.